The van der Waals surface area contributed by atoms with Crippen LogP contribution in [0.15, 0.2) is 48.5 Å². The van der Waals surface area contributed by atoms with Crippen LogP contribution in [0, 0.1) is 6.07 Å². The van der Waals surface area contributed by atoms with Crippen LogP contribution in [0.2, 0.25) is 0 Å². The molecule has 0 saturated carbocycles. The summed E-state index contributed by atoms with van der Waals surface area (Å²) >= 11 is 0. The van der Waals surface area contributed by atoms with E-state index < -0.39 is 13.9 Å². The van der Waals surface area contributed by atoms with Gasteiger partial charge in [-0.05, 0) is 47.6 Å². The van der Waals surface area contributed by atoms with E-state index >= 15 is 0 Å². The molecule has 2 rings (SSSR count). The third-order valence-electron chi connectivity index (χ3n) is 3.70. The van der Waals surface area contributed by atoms with Gasteiger partial charge in [-0.25, -0.2) is 0 Å². The van der Waals surface area contributed by atoms with E-state index in [0.717, 1.165) is 6.92 Å². The van der Waals surface area contributed by atoms with E-state index in [9.17, 15) is 0 Å². The summed E-state index contributed by atoms with van der Waals surface area (Å²) in [5, 5.41) is 9.58. The average Bonchev–Trinajstić information content (AvgIpc) is 2.45. The summed E-state index contributed by atoms with van der Waals surface area (Å²) in [6, 6.07) is 20.6. The molecule has 2 aromatic carbocycles. The van der Waals surface area contributed by atoms with Gasteiger partial charge in [0.25, 0.3) is 5.97 Å². The van der Waals surface area contributed by atoms with Crippen molar-refractivity contribution in [3.05, 3.63) is 54.6 Å². The largest absolute Gasteiger partial charge is 0.481 e. The minimum atomic E-state index is -0.833. The normalized spacial score (nSPS) is 11.2. The number of hydrogen-bond donors (Lipinski definition) is 1. The van der Waals surface area contributed by atoms with Gasteiger partial charge < -0.3 is 5.11 Å². The van der Waals surface area contributed by atoms with Crippen molar-refractivity contribution in [2.24, 2.45) is 0 Å². The summed E-state index contributed by atoms with van der Waals surface area (Å²) in [4.78, 5) is 9.00. The Balaban J connectivity index is 0.00000113. The second-order valence-electron chi connectivity index (χ2n) is 8.22. The van der Waals surface area contributed by atoms with Gasteiger partial charge in [0, 0.05) is 35.3 Å². The topological polar surface area (TPSA) is 37.3 Å². The van der Waals surface area contributed by atoms with E-state index in [1.165, 1.54) is 16.4 Å². The van der Waals surface area contributed by atoms with Crippen LogP contribution in [0.25, 0.3) is 11.1 Å². The monoisotopic (exact) mass is 464 g/mol. The zero-order valence-electron chi connectivity index (χ0n) is 16.8. The molecule has 0 radical (unpaired) electrons. The number of benzene rings is 2. The number of hydrogen-bond acceptors (Lipinski definition) is 1. The summed E-state index contributed by atoms with van der Waals surface area (Å²) in [6.45, 7) is 15.4. The Morgan fingerprint density at radius 1 is 0.923 bits per heavy atom. The molecule has 0 spiro atoms. The molecular weight excluding hydrogens is 434 g/mol. The summed E-state index contributed by atoms with van der Waals surface area (Å²) in [7, 11) is -0.750. The minimum Gasteiger partial charge on any atom is -0.481 e. The summed E-state index contributed by atoms with van der Waals surface area (Å²) in [5.41, 5.74) is 2.57. The molecule has 0 bridgehead atoms. The molecule has 4 heteroatoms. The molecule has 0 amide bonds. The number of carbonyl (C=O) groups is 1. The van der Waals surface area contributed by atoms with Gasteiger partial charge in [0.15, 0.2) is 0 Å². The Morgan fingerprint density at radius 3 is 1.81 bits per heavy atom. The molecule has 0 aliphatic carbocycles. The molecule has 2 aromatic rings. The van der Waals surface area contributed by atoms with Crippen molar-refractivity contribution in [3.8, 4) is 11.1 Å². The summed E-state index contributed by atoms with van der Waals surface area (Å²) in [5.74, 6) is -0.833. The molecule has 0 heterocycles. The molecule has 146 valence electrons. The Labute approximate surface area is 173 Å². The van der Waals surface area contributed by atoms with Crippen LogP contribution < -0.4 is 5.30 Å². The van der Waals surface area contributed by atoms with Crippen LogP contribution in [0.5, 0.6) is 0 Å². The zero-order chi connectivity index (χ0) is 19.3. The summed E-state index contributed by atoms with van der Waals surface area (Å²) < 4.78 is 0. The molecule has 26 heavy (non-hydrogen) atoms. The van der Waals surface area contributed by atoms with Crippen molar-refractivity contribution in [2.75, 3.05) is 0 Å². The van der Waals surface area contributed by atoms with Crippen LogP contribution in [0.4, 0.5) is 0 Å². The van der Waals surface area contributed by atoms with Crippen molar-refractivity contribution < 1.29 is 30.3 Å². The molecule has 0 fully saturated rings. The molecular formula is C22H31O2PPd. The molecule has 1 N–H and O–H groups in total. The molecule has 0 unspecified atom stereocenters. The van der Waals surface area contributed by atoms with Crippen LogP contribution in [-0.2, 0) is 25.2 Å². The first-order valence-electron chi connectivity index (χ1n) is 8.58. The van der Waals surface area contributed by atoms with Crippen molar-refractivity contribution >= 4 is 19.2 Å². The molecule has 0 aromatic heterocycles. The van der Waals surface area contributed by atoms with E-state index in [2.05, 4.69) is 84.0 Å². The first kappa shape index (κ1) is 25.0. The van der Waals surface area contributed by atoms with Gasteiger partial charge in [-0.2, -0.15) is 0 Å². The van der Waals surface area contributed by atoms with Gasteiger partial charge in [0.1, 0.15) is 0 Å². The van der Waals surface area contributed by atoms with E-state index in [4.69, 9.17) is 9.90 Å². The molecule has 0 atom stereocenters. The minimum absolute atomic E-state index is 0. The summed E-state index contributed by atoms with van der Waals surface area (Å²) in [6.07, 6.45) is 0. The van der Waals surface area contributed by atoms with Gasteiger partial charge in [0.2, 0.25) is 0 Å². The number of rotatable bonds is 2. The molecule has 0 aliphatic rings. The van der Waals surface area contributed by atoms with Gasteiger partial charge in [-0.3, -0.25) is 4.79 Å². The van der Waals surface area contributed by atoms with E-state index in [1.807, 2.05) is 12.1 Å². The maximum Gasteiger partial charge on any atom is 0.300 e. The van der Waals surface area contributed by atoms with Gasteiger partial charge in [-0.15, -0.1) is 35.9 Å². The fourth-order valence-corrected chi connectivity index (χ4v) is 8.05. The van der Waals surface area contributed by atoms with E-state index in [-0.39, 0.29) is 20.4 Å². The number of aliphatic carboxylic acids is 1. The Kier molecular flexibility index (Phi) is 9.97. The van der Waals surface area contributed by atoms with Gasteiger partial charge >= 0.3 is 0 Å². The van der Waals surface area contributed by atoms with Crippen LogP contribution in [0.1, 0.15) is 48.5 Å². The average molecular weight is 465 g/mol. The Bertz CT molecular complexity index is 667. The van der Waals surface area contributed by atoms with Crippen molar-refractivity contribution in [1.82, 2.24) is 0 Å². The fourth-order valence-electron chi connectivity index (χ4n) is 3.43. The maximum absolute atomic E-state index is 9.00. The predicted octanol–water partition coefficient (Wildman–Crippen LogP) is 5.68. The smallest absolute Gasteiger partial charge is 0.300 e. The second-order valence-corrected chi connectivity index (χ2v) is 12.5. The van der Waals surface area contributed by atoms with Crippen molar-refractivity contribution in [1.29, 1.82) is 0 Å². The Morgan fingerprint density at radius 2 is 1.38 bits per heavy atom. The number of carboxylic acids is 1. The van der Waals surface area contributed by atoms with E-state index in [0.29, 0.717) is 10.3 Å². The third-order valence-corrected chi connectivity index (χ3v) is 7.67. The molecule has 0 aliphatic heterocycles. The van der Waals surface area contributed by atoms with Crippen LogP contribution in [0.3, 0.4) is 0 Å². The number of carboxylic acid groups (broad SMARTS) is 1. The molecule has 2 nitrogen and oxygen atoms in total. The quantitative estimate of drug-likeness (QED) is 0.353. The second kappa shape index (κ2) is 10.4. The molecule has 0 saturated heterocycles. The zero-order valence-corrected chi connectivity index (χ0v) is 19.3. The Hall–Kier alpha value is -0.998. The first-order chi connectivity index (χ1) is 11.4. The maximum atomic E-state index is 9.00. The van der Waals surface area contributed by atoms with Crippen LogP contribution in [-0.4, -0.2) is 21.4 Å². The van der Waals surface area contributed by atoms with E-state index in [1.54, 1.807) is 0 Å². The van der Waals surface area contributed by atoms with Gasteiger partial charge in [-0.1, -0.05) is 23.8 Å². The van der Waals surface area contributed by atoms with Crippen molar-refractivity contribution in [2.45, 2.75) is 58.8 Å². The fraction of sp³-hybridized carbons (Fsp3) is 0.409. The SMILES string of the molecule is CC(=O)O.CC(C)(C)[PH+](c1ccccc1-c1[c-]cccc1)C(C)(C)C.[Pd]. The third kappa shape index (κ3) is 7.71. The first-order valence-corrected chi connectivity index (χ1v) is 10.1. The standard InChI is InChI=1S/C20H26P.C2H4O2.Pd/c1-19(2,3)21(20(4,5)6)18-15-11-10-14-17(18)16-12-8-7-9-13-16;1-2(3)4;/h7-12,14-15H,1-6H3;1H3,(H,3,4);/q-1;;/p+1. The van der Waals surface area contributed by atoms with Crippen molar-refractivity contribution in [3.63, 3.8) is 0 Å². The van der Waals surface area contributed by atoms with Gasteiger partial charge in [0.05, 0.1) is 15.6 Å². The predicted molar refractivity (Wildman–Crippen MR) is 111 cm³/mol. The van der Waals surface area contributed by atoms with Crippen LogP contribution >= 0.6 is 7.92 Å².